The molecule has 0 unspecified atom stereocenters. The number of benzene rings is 1. The number of nitrogens with one attached hydrogen (secondary N) is 1. The Bertz CT molecular complexity index is 744. The van der Waals surface area contributed by atoms with E-state index in [4.69, 9.17) is 0 Å². The summed E-state index contributed by atoms with van der Waals surface area (Å²) >= 11 is 0. The summed E-state index contributed by atoms with van der Waals surface area (Å²) in [7, 11) is 3.71. The summed E-state index contributed by atoms with van der Waals surface area (Å²) in [5, 5.41) is 2.76. The molecule has 126 valence electrons. The van der Waals surface area contributed by atoms with E-state index in [0.29, 0.717) is 17.5 Å². The lowest BCUT2D eigenvalue weighted by Crippen LogP contribution is -2.23. The average Bonchev–Trinajstić information content (AvgIpc) is 3.09. The molecule has 0 bridgehead atoms. The number of aromatic nitrogens is 2. The SMILES string of the molecule is CN(C)c1nc(N2CCCC2)ncc1NC(=O)c1cccc(F)c1. The summed E-state index contributed by atoms with van der Waals surface area (Å²) in [6.45, 7) is 1.89. The van der Waals surface area contributed by atoms with Crippen LogP contribution in [-0.4, -0.2) is 43.1 Å². The lowest BCUT2D eigenvalue weighted by molar-refractivity contribution is 0.102. The summed E-state index contributed by atoms with van der Waals surface area (Å²) in [6.07, 6.45) is 3.88. The molecule has 0 radical (unpaired) electrons. The lowest BCUT2D eigenvalue weighted by atomic mass is 10.2. The van der Waals surface area contributed by atoms with Gasteiger partial charge in [0.15, 0.2) is 5.82 Å². The maximum atomic E-state index is 13.3. The van der Waals surface area contributed by atoms with Crippen LogP contribution in [0.2, 0.25) is 0 Å². The molecule has 1 saturated heterocycles. The molecule has 0 aliphatic carbocycles. The van der Waals surface area contributed by atoms with Gasteiger partial charge in [0.2, 0.25) is 5.95 Å². The minimum atomic E-state index is -0.448. The Labute approximate surface area is 140 Å². The number of hydrogen-bond acceptors (Lipinski definition) is 5. The van der Waals surface area contributed by atoms with E-state index in [0.717, 1.165) is 25.9 Å². The third kappa shape index (κ3) is 3.45. The second-order valence-corrected chi connectivity index (χ2v) is 5.96. The zero-order valence-corrected chi connectivity index (χ0v) is 13.8. The van der Waals surface area contributed by atoms with Gasteiger partial charge in [-0.2, -0.15) is 4.98 Å². The molecule has 1 aliphatic rings. The van der Waals surface area contributed by atoms with E-state index in [9.17, 15) is 9.18 Å². The van der Waals surface area contributed by atoms with Gasteiger partial charge in [-0.05, 0) is 31.0 Å². The van der Waals surface area contributed by atoms with Gasteiger partial charge in [-0.15, -0.1) is 0 Å². The molecule has 3 rings (SSSR count). The first-order chi connectivity index (χ1) is 11.5. The van der Waals surface area contributed by atoms with Crippen LogP contribution in [0.5, 0.6) is 0 Å². The van der Waals surface area contributed by atoms with Gasteiger partial charge in [0, 0.05) is 32.7 Å². The highest BCUT2D eigenvalue weighted by Crippen LogP contribution is 2.25. The molecule has 6 nitrogen and oxygen atoms in total. The minimum Gasteiger partial charge on any atom is -0.361 e. The summed E-state index contributed by atoms with van der Waals surface area (Å²) < 4.78 is 13.3. The Morgan fingerprint density at radius 3 is 2.71 bits per heavy atom. The third-order valence-electron chi connectivity index (χ3n) is 3.90. The molecule has 24 heavy (non-hydrogen) atoms. The Balaban J connectivity index is 1.85. The minimum absolute atomic E-state index is 0.253. The van der Waals surface area contributed by atoms with E-state index in [1.807, 2.05) is 19.0 Å². The van der Waals surface area contributed by atoms with Crippen LogP contribution in [0.3, 0.4) is 0 Å². The second kappa shape index (κ2) is 6.82. The number of nitrogens with zero attached hydrogens (tertiary/aromatic N) is 4. The maximum Gasteiger partial charge on any atom is 0.255 e. The van der Waals surface area contributed by atoms with E-state index >= 15 is 0 Å². The smallest absolute Gasteiger partial charge is 0.255 e. The summed E-state index contributed by atoms with van der Waals surface area (Å²) in [5.74, 6) is 0.447. The molecule has 0 saturated carbocycles. The molecule has 1 fully saturated rings. The molecule has 0 spiro atoms. The Morgan fingerprint density at radius 2 is 2.04 bits per heavy atom. The highest BCUT2D eigenvalue weighted by atomic mass is 19.1. The Hall–Kier alpha value is -2.70. The van der Waals surface area contributed by atoms with Crippen molar-refractivity contribution in [3.05, 3.63) is 41.8 Å². The molecule has 0 atom stereocenters. The number of amides is 1. The van der Waals surface area contributed by atoms with Gasteiger partial charge in [-0.1, -0.05) is 6.07 Å². The Kier molecular flexibility index (Phi) is 4.59. The molecule has 2 heterocycles. The largest absolute Gasteiger partial charge is 0.361 e. The van der Waals surface area contributed by atoms with E-state index < -0.39 is 11.7 Å². The molecular formula is C17H20FN5O. The fourth-order valence-corrected chi connectivity index (χ4v) is 2.69. The van der Waals surface area contributed by atoms with Crippen molar-refractivity contribution in [1.82, 2.24) is 9.97 Å². The van der Waals surface area contributed by atoms with Gasteiger partial charge < -0.3 is 15.1 Å². The van der Waals surface area contributed by atoms with Gasteiger partial charge in [0.05, 0.1) is 6.20 Å². The topological polar surface area (TPSA) is 61.4 Å². The molecule has 1 aromatic carbocycles. The van der Waals surface area contributed by atoms with Crippen molar-refractivity contribution in [2.75, 3.05) is 42.3 Å². The standard InChI is InChI=1S/C17H20FN5O/c1-22(2)15-14(11-19-17(21-15)23-8-3-4-9-23)20-16(24)12-6-5-7-13(18)10-12/h5-7,10-11H,3-4,8-9H2,1-2H3,(H,20,24). The second-order valence-electron chi connectivity index (χ2n) is 5.96. The number of halogens is 1. The van der Waals surface area contributed by atoms with E-state index in [1.165, 1.54) is 18.2 Å². The van der Waals surface area contributed by atoms with Crippen LogP contribution < -0.4 is 15.1 Å². The highest BCUT2D eigenvalue weighted by Gasteiger charge is 2.19. The van der Waals surface area contributed by atoms with Crippen LogP contribution >= 0.6 is 0 Å². The van der Waals surface area contributed by atoms with Crippen molar-refractivity contribution in [1.29, 1.82) is 0 Å². The number of carbonyl (C=O) groups excluding carboxylic acids is 1. The number of anilines is 3. The molecule has 1 amide bonds. The van der Waals surface area contributed by atoms with E-state index in [2.05, 4.69) is 20.2 Å². The number of hydrogen-bond donors (Lipinski definition) is 1. The molecular weight excluding hydrogens is 309 g/mol. The highest BCUT2D eigenvalue weighted by molar-refractivity contribution is 6.05. The van der Waals surface area contributed by atoms with Crippen LogP contribution in [0.15, 0.2) is 30.5 Å². The summed E-state index contributed by atoms with van der Waals surface area (Å²) in [5.41, 5.74) is 0.750. The first-order valence-electron chi connectivity index (χ1n) is 7.91. The predicted octanol–water partition coefficient (Wildman–Crippen LogP) is 2.53. The van der Waals surface area contributed by atoms with Crippen LogP contribution in [0.4, 0.5) is 21.8 Å². The van der Waals surface area contributed by atoms with Crippen LogP contribution in [0.1, 0.15) is 23.2 Å². The van der Waals surface area contributed by atoms with Gasteiger partial charge in [0.25, 0.3) is 5.91 Å². The van der Waals surface area contributed by atoms with Crippen molar-refractivity contribution >= 4 is 23.4 Å². The zero-order valence-electron chi connectivity index (χ0n) is 13.8. The molecule has 7 heteroatoms. The van der Waals surface area contributed by atoms with E-state index in [1.54, 1.807) is 12.3 Å². The molecule has 1 aliphatic heterocycles. The maximum absolute atomic E-state index is 13.3. The summed E-state index contributed by atoms with van der Waals surface area (Å²) in [6, 6.07) is 5.57. The molecule has 1 aromatic heterocycles. The van der Waals surface area contributed by atoms with Crippen LogP contribution in [0.25, 0.3) is 0 Å². The number of carbonyl (C=O) groups is 1. The van der Waals surface area contributed by atoms with Crippen molar-refractivity contribution in [3.63, 3.8) is 0 Å². The van der Waals surface area contributed by atoms with Gasteiger partial charge >= 0.3 is 0 Å². The van der Waals surface area contributed by atoms with Crippen LogP contribution in [-0.2, 0) is 0 Å². The zero-order chi connectivity index (χ0) is 17.1. The Morgan fingerprint density at radius 1 is 1.29 bits per heavy atom. The first-order valence-corrected chi connectivity index (χ1v) is 7.91. The molecule has 1 N–H and O–H groups in total. The predicted molar refractivity (Wildman–Crippen MR) is 92.2 cm³/mol. The van der Waals surface area contributed by atoms with Crippen LogP contribution in [0, 0.1) is 5.82 Å². The van der Waals surface area contributed by atoms with Gasteiger partial charge in [-0.25, -0.2) is 9.37 Å². The normalized spacial score (nSPS) is 13.9. The van der Waals surface area contributed by atoms with E-state index in [-0.39, 0.29) is 5.56 Å². The fourth-order valence-electron chi connectivity index (χ4n) is 2.69. The van der Waals surface area contributed by atoms with Gasteiger partial charge in [0.1, 0.15) is 11.5 Å². The van der Waals surface area contributed by atoms with Crippen molar-refractivity contribution in [2.24, 2.45) is 0 Å². The number of rotatable bonds is 4. The lowest BCUT2D eigenvalue weighted by Gasteiger charge is -2.21. The van der Waals surface area contributed by atoms with Crippen molar-refractivity contribution in [3.8, 4) is 0 Å². The van der Waals surface area contributed by atoms with Gasteiger partial charge in [-0.3, -0.25) is 4.79 Å². The van der Waals surface area contributed by atoms with Crippen molar-refractivity contribution < 1.29 is 9.18 Å². The average molecular weight is 329 g/mol. The van der Waals surface area contributed by atoms with Crippen molar-refractivity contribution in [2.45, 2.75) is 12.8 Å². The third-order valence-corrected chi connectivity index (χ3v) is 3.90. The first kappa shape index (κ1) is 16.2. The molecule has 2 aromatic rings. The fraction of sp³-hybridized carbons (Fsp3) is 0.353. The quantitative estimate of drug-likeness (QED) is 0.934. The monoisotopic (exact) mass is 329 g/mol. The summed E-state index contributed by atoms with van der Waals surface area (Å²) in [4.78, 5) is 25.2.